The fourth-order valence-corrected chi connectivity index (χ4v) is 4.11. The van der Waals surface area contributed by atoms with E-state index in [2.05, 4.69) is 34.2 Å². The van der Waals surface area contributed by atoms with E-state index in [1.807, 2.05) is 12.1 Å². The summed E-state index contributed by atoms with van der Waals surface area (Å²) in [5, 5.41) is 0. The zero-order chi connectivity index (χ0) is 13.2. The number of rotatable bonds is 3. The molecule has 1 N–H and O–H groups in total. The lowest BCUT2D eigenvalue weighted by atomic mass is 9.87. The molecule has 1 saturated carbocycles. The van der Waals surface area contributed by atoms with Gasteiger partial charge in [0.25, 0.3) is 0 Å². The zero-order valence-corrected chi connectivity index (χ0v) is 13.4. The van der Waals surface area contributed by atoms with E-state index >= 15 is 0 Å². The first-order chi connectivity index (χ1) is 8.49. The molecule has 0 aromatic heterocycles. The van der Waals surface area contributed by atoms with Crippen LogP contribution in [0, 0.1) is 9.49 Å². The maximum Gasteiger partial charge on any atom is 0.240 e. The van der Waals surface area contributed by atoms with Crippen molar-refractivity contribution in [2.45, 2.75) is 43.5 Å². The van der Waals surface area contributed by atoms with Gasteiger partial charge in [-0.3, -0.25) is 0 Å². The Bertz CT molecular complexity index is 498. The van der Waals surface area contributed by atoms with Gasteiger partial charge in [-0.1, -0.05) is 19.8 Å². The van der Waals surface area contributed by atoms with E-state index in [9.17, 15) is 8.42 Å². The van der Waals surface area contributed by atoms with E-state index in [1.54, 1.807) is 12.1 Å². The van der Waals surface area contributed by atoms with E-state index in [4.69, 9.17) is 0 Å². The van der Waals surface area contributed by atoms with Crippen molar-refractivity contribution < 1.29 is 8.42 Å². The van der Waals surface area contributed by atoms with Crippen molar-refractivity contribution in [1.82, 2.24) is 4.72 Å². The van der Waals surface area contributed by atoms with Crippen molar-refractivity contribution in [2.24, 2.45) is 5.92 Å². The first-order valence-electron chi connectivity index (χ1n) is 6.27. The van der Waals surface area contributed by atoms with E-state index in [0.717, 1.165) is 22.8 Å². The molecule has 100 valence electrons. The molecule has 1 aliphatic rings. The van der Waals surface area contributed by atoms with Gasteiger partial charge >= 0.3 is 0 Å². The standard InChI is InChI=1S/C13H18INO2S/c1-10-4-2-3-5-13(10)15-18(16,17)12-8-6-11(14)7-9-12/h6-10,13,15H,2-5H2,1H3/t10-,13-/m0/s1. The molecule has 1 aromatic carbocycles. The Morgan fingerprint density at radius 1 is 1.17 bits per heavy atom. The highest BCUT2D eigenvalue weighted by Crippen LogP contribution is 2.25. The second-order valence-electron chi connectivity index (χ2n) is 4.94. The van der Waals surface area contributed by atoms with E-state index in [0.29, 0.717) is 10.8 Å². The number of nitrogens with one attached hydrogen (secondary N) is 1. The average Bonchev–Trinajstić information content (AvgIpc) is 2.32. The van der Waals surface area contributed by atoms with E-state index < -0.39 is 10.0 Å². The van der Waals surface area contributed by atoms with Gasteiger partial charge in [0.2, 0.25) is 10.0 Å². The van der Waals surface area contributed by atoms with Crippen LogP contribution in [-0.2, 0) is 10.0 Å². The fourth-order valence-electron chi connectivity index (χ4n) is 2.37. The molecule has 2 rings (SSSR count). The minimum atomic E-state index is -3.36. The molecule has 0 unspecified atom stereocenters. The highest BCUT2D eigenvalue weighted by Gasteiger charge is 2.26. The normalized spacial score (nSPS) is 25.0. The lowest BCUT2D eigenvalue weighted by molar-refractivity contribution is 0.310. The first-order valence-corrected chi connectivity index (χ1v) is 8.83. The third-order valence-electron chi connectivity index (χ3n) is 3.54. The number of hydrogen-bond acceptors (Lipinski definition) is 2. The van der Waals surface area contributed by atoms with E-state index in [1.165, 1.54) is 6.42 Å². The predicted molar refractivity (Wildman–Crippen MR) is 80.9 cm³/mol. The summed E-state index contributed by atoms with van der Waals surface area (Å²) in [5.41, 5.74) is 0. The SMILES string of the molecule is C[C@H]1CCCC[C@@H]1NS(=O)(=O)c1ccc(I)cc1. The molecular weight excluding hydrogens is 361 g/mol. The molecule has 0 aliphatic heterocycles. The van der Waals surface area contributed by atoms with Crippen LogP contribution in [-0.4, -0.2) is 14.5 Å². The molecule has 0 radical (unpaired) electrons. The lowest BCUT2D eigenvalue weighted by Gasteiger charge is -2.29. The largest absolute Gasteiger partial charge is 0.240 e. The monoisotopic (exact) mass is 379 g/mol. The van der Waals surface area contributed by atoms with Crippen molar-refractivity contribution in [1.29, 1.82) is 0 Å². The Hall–Kier alpha value is -0.140. The van der Waals surface area contributed by atoms with Crippen LogP contribution in [0.25, 0.3) is 0 Å². The van der Waals surface area contributed by atoms with Gasteiger partial charge in [0, 0.05) is 9.61 Å². The van der Waals surface area contributed by atoms with Crippen molar-refractivity contribution in [3.8, 4) is 0 Å². The van der Waals surface area contributed by atoms with Gasteiger partial charge in [0.15, 0.2) is 0 Å². The fraction of sp³-hybridized carbons (Fsp3) is 0.538. The summed E-state index contributed by atoms with van der Waals surface area (Å²) in [7, 11) is -3.36. The molecular formula is C13H18INO2S. The molecule has 5 heteroatoms. The minimum absolute atomic E-state index is 0.0861. The molecule has 1 aliphatic carbocycles. The van der Waals surface area contributed by atoms with Gasteiger partial charge in [-0.25, -0.2) is 13.1 Å². The Morgan fingerprint density at radius 2 is 1.78 bits per heavy atom. The molecule has 3 nitrogen and oxygen atoms in total. The predicted octanol–water partition coefficient (Wildman–Crippen LogP) is 3.15. The summed E-state index contributed by atoms with van der Waals surface area (Å²) in [4.78, 5) is 0.362. The van der Waals surface area contributed by atoms with Crippen LogP contribution in [0.1, 0.15) is 32.6 Å². The third kappa shape index (κ3) is 3.45. The number of hydrogen-bond donors (Lipinski definition) is 1. The van der Waals surface area contributed by atoms with Gasteiger partial charge in [-0.15, -0.1) is 0 Å². The van der Waals surface area contributed by atoms with Gasteiger partial charge < -0.3 is 0 Å². The quantitative estimate of drug-likeness (QED) is 0.821. The lowest BCUT2D eigenvalue weighted by Crippen LogP contribution is -2.40. The maximum atomic E-state index is 12.2. The molecule has 0 saturated heterocycles. The van der Waals surface area contributed by atoms with Gasteiger partial charge in [-0.2, -0.15) is 0 Å². The smallest absolute Gasteiger partial charge is 0.208 e. The minimum Gasteiger partial charge on any atom is -0.208 e. The van der Waals surface area contributed by atoms with Crippen LogP contribution in [0.4, 0.5) is 0 Å². The molecule has 0 heterocycles. The van der Waals surface area contributed by atoms with Crippen LogP contribution in [0.15, 0.2) is 29.2 Å². The van der Waals surface area contributed by atoms with Crippen molar-refractivity contribution in [3.63, 3.8) is 0 Å². The number of benzene rings is 1. The van der Waals surface area contributed by atoms with Crippen molar-refractivity contribution in [3.05, 3.63) is 27.8 Å². The Morgan fingerprint density at radius 3 is 2.39 bits per heavy atom. The van der Waals surface area contributed by atoms with Gasteiger partial charge in [-0.05, 0) is 65.6 Å². The maximum absolute atomic E-state index is 12.2. The van der Waals surface area contributed by atoms with Crippen molar-refractivity contribution in [2.75, 3.05) is 0 Å². The first kappa shape index (κ1) is 14.3. The Balaban J connectivity index is 2.13. The molecule has 0 bridgehead atoms. The summed E-state index contributed by atoms with van der Waals surface area (Å²) in [6.45, 7) is 2.13. The summed E-state index contributed by atoms with van der Waals surface area (Å²) in [6, 6.07) is 7.05. The highest BCUT2D eigenvalue weighted by atomic mass is 127. The van der Waals surface area contributed by atoms with E-state index in [-0.39, 0.29) is 6.04 Å². The zero-order valence-electron chi connectivity index (χ0n) is 10.4. The van der Waals surface area contributed by atoms with Crippen molar-refractivity contribution >= 4 is 32.6 Å². The summed E-state index contributed by atoms with van der Waals surface area (Å²) < 4.78 is 28.4. The summed E-state index contributed by atoms with van der Waals surface area (Å²) in [5.74, 6) is 0.428. The van der Waals surface area contributed by atoms with Crippen LogP contribution in [0.2, 0.25) is 0 Å². The van der Waals surface area contributed by atoms with Crippen LogP contribution in [0.5, 0.6) is 0 Å². The second kappa shape index (κ2) is 5.88. The Kier molecular flexibility index (Phi) is 4.66. The van der Waals surface area contributed by atoms with Crippen LogP contribution in [0.3, 0.4) is 0 Å². The Labute approximate surface area is 123 Å². The van der Waals surface area contributed by atoms with Crippen LogP contribution >= 0.6 is 22.6 Å². The highest BCUT2D eigenvalue weighted by molar-refractivity contribution is 14.1. The molecule has 18 heavy (non-hydrogen) atoms. The van der Waals surface area contributed by atoms with Gasteiger partial charge in [0.1, 0.15) is 0 Å². The molecule has 1 aromatic rings. The van der Waals surface area contributed by atoms with Gasteiger partial charge in [0.05, 0.1) is 4.90 Å². The summed E-state index contributed by atoms with van der Waals surface area (Å²) >= 11 is 2.17. The molecule has 0 spiro atoms. The third-order valence-corrected chi connectivity index (χ3v) is 5.77. The number of halogens is 1. The molecule has 2 atom stereocenters. The molecule has 0 amide bonds. The molecule has 1 fully saturated rings. The van der Waals surface area contributed by atoms with Crippen LogP contribution < -0.4 is 4.72 Å². The summed E-state index contributed by atoms with van der Waals surface area (Å²) in [6.07, 6.45) is 4.39. The number of sulfonamides is 1. The average molecular weight is 379 g/mol. The second-order valence-corrected chi connectivity index (χ2v) is 7.90. The topological polar surface area (TPSA) is 46.2 Å².